The van der Waals surface area contributed by atoms with Crippen molar-refractivity contribution in [1.29, 1.82) is 0 Å². The lowest BCUT2D eigenvalue weighted by Gasteiger charge is -2.21. The molecule has 0 saturated heterocycles. The number of rotatable bonds is 8. The lowest BCUT2D eigenvalue weighted by atomic mass is 10.1. The molecule has 0 aliphatic carbocycles. The van der Waals surface area contributed by atoms with Gasteiger partial charge in [-0.05, 0) is 31.6 Å². The maximum absolute atomic E-state index is 11.9. The van der Waals surface area contributed by atoms with Crippen LogP contribution < -0.4 is 10.0 Å². The molecule has 0 amide bonds. The van der Waals surface area contributed by atoms with Gasteiger partial charge < -0.3 is 9.47 Å². The molecule has 0 heterocycles. The van der Waals surface area contributed by atoms with Crippen molar-refractivity contribution in [2.45, 2.75) is 32.9 Å². The van der Waals surface area contributed by atoms with Crippen molar-refractivity contribution in [2.24, 2.45) is 0 Å². The zero-order chi connectivity index (χ0) is 17.5. The number of ether oxygens (including phenoxy) is 2. The Hall–Kier alpha value is -1.70. The summed E-state index contributed by atoms with van der Waals surface area (Å²) in [7, 11) is 2.14. The Labute approximate surface area is 146 Å². The van der Waals surface area contributed by atoms with Gasteiger partial charge in [-0.1, -0.05) is 57.5 Å². The van der Waals surface area contributed by atoms with Gasteiger partial charge in [-0.25, -0.2) is 0 Å². The molecular formula is C20H25O3P. The molecule has 0 N–H and O–H groups in total. The van der Waals surface area contributed by atoms with Crippen molar-refractivity contribution in [3.05, 3.63) is 59.2 Å². The summed E-state index contributed by atoms with van der Waals surface area (Å²) in [6.45, 7) is 6.13. The zero-order valence-electron chi connectivity index (χ0n) is 14.8. The Bertz CT molecular complexity index is 697. The maximum Gasteiger partial charge on any atom is 0.188 e. The van der Waals surface area contributed by atoms with Crippen molar-refractivity contribution in [2.75, 3.05) is 13.9 Å². The van der Waals surface area contributed by atoms with Gasteiger partial charge in [-0.3, -0.25) is 4.79 Å². The van der Waals surface area contributed by atoms with E-state index in [-0.39, 0.29) is 12.6 Å². The monoisotopic (exact) mass is 344 g/mol. The molecule has 2 rings (SSSR count). The van der Waals surface area contributed by atoms with E-state index in [1.165, 1.54) is 11.1 Å². The highest BCUT2D eigenvalue weighted by molar-refractivity contribution is 7.47. The van der Waals surface area contributed by atoms with E-state index in [2.05, 4.69) is 26.0 Å². The number of hydrogen-bond acceptors (Lipinski definition) is 3. The Morgan fingerprint density at radius 2 is 1.96 bits per heavy atom. The molecule has 0 aromatic heterocycles. The van der Waals surface area contributed by atoms with Gasteiger partial charge in [0.2, 0.25) is 0 Å². The number of carbonyl (C=O) groups excluding carboxylic acids is 1. The summed E-state index contributed by atoms with van der Waals surface area (Å²) in [5.41, 5.74) is 3.53. The smallest absolute Gasteiger partial charge is 0.188 e. The fraction of sp³-hybridized carbons (Fsp3) is 0.350. The third-order valence-corrected chi connectivity index (χ3v) is 5.73. The maximum atomic E-state index is 11.9. The number of aryl methyl sites for hydroxylation is 1. The topological polar surface area (TPSA) is 35.5 Å². The van der Waals surface area contributed by atoms with E-state index in [9.17, 15) is 4.79 Å². The van der Waals surface area contributed by atoms with Crippen LogP contribution in [-0.4, -0.2) is 19.7 Å². The number of hydrogen-bond donors (Lipinski definition) is 0. The van der Waals surface area contributed by atoms with Crippen LogP contribution in [0.5, 0.6) is 5.75 Å². The minimum absolute atomic E-state index is 0.119. The predicted octanol–water partition coefficient (Wildman–Crippen LogP) is 4.64. The van der Waals surface area contributed by atoms with E-state index in [1.807, 2.05) is 30.3 Å². The minimum Gasteiger partial charge on any atom is -0.467 e. The molecule has 2 unspecified atom stereocenters. The average molecular weight is 344 g/mol. The quantitative estimate of drug-likeness (QED) is 0.398. The van der Waals surface area contributed by atoms with Gasteiger partial charge in [-0.2, -0.15) is 0 Å². The molecule has 2 atom stereocenters. The normalized spacial score (nSPS) is 12.5. The second kappa shape index (κ2) is 8.96. The summed E-state index contributed by atoms with van der Waals surface area (Å²) in [4.78, 5) is 11.9. The zero-order valence-corrected chi connectivity index (χ0v) is 15.8. The molecule has 0 bridgehead atoms. The first-order chi connectivity index (χ1) is 11.6. The van der Waals surface area contributed by atoms with Gasteiger partial charge in [0.25, 0.3) is 0 Å². The third-order valence-electron chi connectivity index (χ3n) is 3.92. The second-order valence-electron chi connectivity index (χ2n) is 5.80. The van der Waals surface area contributed by atoms with Gasteiger partial charge in [0.1, 0.15) is 5.75 Å². The third kappa shape index (κ3) is 4.66. The summed E-state index contributed by atoms with van der Waals surface area (Å²) < 4.78 is 10.8. The molecule has 0 radical (unpaired) electrons. The molecule has 24 heavy (non-hydrogen) atoms. The summed E-state index contributed by atoms with van der Waals surface area (Å²) in [6, 6.07) is 14.1. The standard InChI is InChI=1S/C20H25O3P/c1-5-19(24-20-9-7-6-8-16(20)15(3)21)17-12-14(2)10-11-18(17)23-13-22-4/h6-12,19,24H,5,13H2,1-4H3. The molecule has 0 fully saturated rings. The summed E-state index contributed by atoms with van der Waals surface area (Å²) in [5.74, 6) is 0.982. The van der Waals surface area contributed by atoms with Crippen LogP contribution in [0.15, 0.2) is 42.5 Å². The molecular weight excluding hydrogens is 319 g/mol. The van der Waals surface area contributed by atoms with Crippen LogP contribution in [0.3, 0.4) is 0 Å². The fourth-order valence-electron chi connectivity index (χ4n) is 2.70. The number of carbonyl (C=O) groups is 1. The van der Waals surface area contributed by atoms with Crippen LogP contribution in [0.4, 0.5) is 0 Å². The van der Waals surface area contributed by atoms with Crippen LogP contribution in [0.1, 0.15) is 47.4 Å². The molecule has 0 saturated carbocycles. The highest BCUT2D eigenvalue weighted by atomic mass is 31.1. The van der Waals surface area contributed by atoms with E-state index in [0.717, 1.165) is 23.0 Å². The molecule has 3 nitrogen and oxygen atoms in total. The molecule has 0 aliphatic rings. The first-order valence-electron chi connectivity index (χ1n) is 8.15. The summed E-state index contributed by atoms with van der Waals surface area (Å²) in [5, 5.41) is 1.12. The van der Waals surface area contributed by atoms with Crippen molar-refractivity contribution >= 4 is 19.7 Å². The van der Waals surface area contributed by atoms with Gasteiger partial charge in [0.05, 0.1) is 0 Å². The lowest BCUT2D eigenvalue weighted by molar-refractivity contribution is 0.0504. The van der Waals surface area contributed by atoms with Gasteiger partial charge in [-0.15, -0.1) is 0 Å². The van der Waals surface area contributed by atoms with E-state index in [1.54, 1.807) is 14.0 Å². The van der Waals surface area contributed by atoms with Crippen molar-refractivity contribution in [3.8, 4) is 5.75 Å². The number of methoxy groups -OCH3 is 1. The SMILES string of the molecule is CCC(Pc1ccccc1C(C)=O)c1cc(C)ccc1OCOC. The van der Waals surface area contributed by atoms with Crippen LogP contribution in [0, 0.1) is 6.92 Å². The van der Waals surface area contributed by atoms with Crippen LogP contribution >= 0.6 is 8.58 Å². The fourth-order valence-corrected chi connectivity index (χ4v) is 4.27. The number of Topliss-reactive ketones (excluding diaryl/α,β-unsaturated/α-hetero) is 1. The first kappa shape index (κ1) is 18.6. The van der Waals surface area contributed by atoms with Gasteiger partial charge >= 0.3 is 0 Å². The lowest BCUT2D eigenvalue weighted by Crippen LogP contribution is -2.11. The van der Waals surface area contributed by atoms with Crippen LogP contribution in [0.2, 0.25) is 0 Å². The van der Waals surface area contributed by atoms with Gasteiger partial charge in [0, 0.05) is 23.9 Å². The Morgan fingerprint density at radius 3 is 2.62 bits per heavy atom. The molecule has 4 heteroatoms. The summed E-state index contributed by atoms with van der Waals surface area (Å²) >= 11 is 0. The predicted molar refractivity (Wildman–Crippen MR) is 101 cm³/mol. The van der Waals surface area contributed by atoms with Gasteiger partial charge in [0.15, 0.2) is 12.6 Å². The van der Waals surface area contributed by atoms with Crippen LogP contribution in [-0.2, 0) is 4.74 Å². The average Bonchev–Trinajstić information content (AvgIpc) is 2.58. The van der Waals surface area contributed by atoms with Crippen molar-refractivity contribution in [3.63, 3.8) is 0 Å². The van der Waals surface area contributed by atoms with E-state index >= 15 is 0 Å². The molecule has 0 spiro atoms. The Balaban J connectivity index is 2.35. The Kier molecular flexibility index (Phi) is 6.96. The Morgan fingerprint density at radius 1 is 1.21 bits per heavy atom. The van der Waals surface area contributed by atoms with Crippen molar-refractivity contribution in [1.82, 2.24) is 0 Å². The van der Waals surface area contributed by atoms with E-state index in [0.29, 0.717) is 14.2 Å². The molecule has 2 aromatic carbocycles. The second-order valence-corrected chi connectivity index (χ2v) is 7.32. The molecule has 128 valence electrons. The summed E-state index contributed by atoms with van der Waals surface area (Å²) in [6.07, 6.45) is 0.984. The highest BCUT2D eigenvalue weighted by Crippen LogP contribution is 2.42. The molecule has 0 aliphatic heterocycles. The first-order valence-corrected chi connectivity index (χ1v) is 9.23. The number of benzene rings is 2. The highest BCUT2D eigenvalue weighted by Gasteiger charge is 2.18. The molecule has 2 aromatic rings. The number of ketones is 1. The largest absolute Gasteiger partial charge is 0.467 e. The minimum atomic E-state index is 0.119. The van der Waals surface area contributed by atoms with Crippen molar-refractivity contribution < 1.29 is 14.3 Å². The van der Waals surface area contributed by atoms with Crippen LogP contribution in [0.25, 0.3) is 0 Å². The van der Waals surface area contributed by atoms with E-state index in [4.69, 9.17) is 9.47 Å². The van der Waals surface area contributed by atoms with E-state index < -0.39 is 0 Å².